The molecule has 2 rings (SSSR count). The highest BCUT2D eigenvalue weighted by atomic mass is 127. The van der Waals surface area contributed by atoms with Crippen molar-refractivity contribution in [2.45, 2.75) is 19.4 Å². The molecule has 0 unspecified atom stereocenters. The predicted octanol–water partition coefficient (Wildman–Crippen LogP) is 3.04. The SMILES string of the molecule is CC(=Cc1ccc(I)cc1)[C@@H]1C[C@H]1N. The van der Waals surface area contributed by atoms with Crippen LogP contribution in [-0.2, 0) is 0 Å². The van der Waals surface area contributed by atoms with Crippen LogP contribution >= 0.6 is 22.6 Å². The Labute approximate surface area is 98.5 Å². The monoisotopic (exact) mass is 299 g/mol. The van der Waals surface area contributed by atoms with E-state index >= 15 is 0 Å². The smallest absolute Gasteiger partial charge is 0.0130 e. The molecule has 0 heterocycles. The molecular weight excluding hydrogens is 285 g/mol. The average molecular weight is 299 g/mol. The Hall–Kier alpha value is -0.350. The molecule has 0 saturated heterocycles. The van der Waals surface area contributed by atoms with E-state index in [4.69, 9.17) is 5.73 Å². The van der Waals surface area contributed by atoms with Crippen LogP contribution in [0.15, 0.2) is 29.8 Å². The first-order valence-corrected chi connectivity index (χ1v) is 5.94. The first kappa shape index (κ1) is 10.2. The number of hydrogen-bond donors (Lipinski definition) is 1. The molecule has 0 amide bonds. The van der Waals surface area contributed by atoms with Crippen LogP contribution in [0.25, 0.3) is 6.08 Å². The van der Waals surface area contributed by atoms with Gasteiger partial charge in [0, 0.05) is 9.61 Å². The van der Waals surface area contributed by atoms with E-state index in [9.17, 15) is 0 Å². The van der Waals surface area contributed by atoms with E-state index in [1.165, 1.54) is 14.7 Å². The third-order valence-corrected chi connectivity index (χ3v) is 3.41. The van der Waals surface area contributed by atoms with Gasteiger partial charge in [-0.2, -0.15) is 0 Å². The molecule has 74 valence electrons. The Morgan fingerprint density at radius 1 is 1.43 bits per heavy atom. The third kappa shape index (κ3) is 2.36. The molecular formula is C12H14IN. The van der Waals surface area contributed by atoms with Gasteiger partial charge in [0.25, 0.3) is 0 Å². The van der Waals surface area contributed by atoms with Crippen LogP contribution < -0.4 is 5.73 Å². The third-order valence-electron chi connectivity index (χ3n) is 2.69. The molecule has 0 radical (unpaired) electrons. The summed E-state index contributed by atoms with van der Waals surface area (Å²) in [6, 6.07) is 8.98. The molecule has 1 aromatic rings. The lowest BCUT2D eigenvalue weighted by atomic mass is 10.1. The fourth-order valence-corrected chi connectivity index (χ4v) is 2.03. The van der Waals surface area contributed by atoms with Crippen molar-refractivity contribution in [1.29, 1.82) is 0 Å². The summed E-state index contributed by atoms with van der Waals surface area (Å²) in [5.74, 6) is 0.634. The molecule has 1 fully saturated rings. The van der Waals surface area contributed by atoms with Gasteiger partial charge in [-0.05, 0) is 59.5 Å². The second-order valence-corrected chi connectivity index (χ2v) is 5.19. The highest BCUT2D eigenvalue weighted by molar-refractivity contribution is 14.1. The van der Waals surface area contributed by atoms with Crippen molar-refractivity contribution < 1.29 is 0 Å². The molecule has 1 aliphatic carbocycles. The van der Waals surface area contributed by atoms with Crippen LogP contribution in [0.5, 0.6) is 0 Å². The largest absolute Gasteiger partial charge is 0.327 e. The van der Waals surface area contributed by atoms with Crippen molar-refractivity contribution >= 4 is 28.7 Å². The Morgan fingerprint density at radius 2 is 2.00 bits per heavy atom. The van der Waals surface area contributed by atoms with Gasteiger partial charge in [0.2, 0.25) is 0 Å². The maximum Gasteiger partial charge on any atom is 0.0130 e. The number of rotatable bonds is 2. The van der Waals surface area contributed by atoms with E-state index in [-0.39, 0.29) is 0 Å². The summed E-state index contributed by atoms with van der Waals surface area (Å²) in [5, 5.41) is 0. The second-order valence-electron chi connectivity index (χ2n) is 3.95. The highest BCUT2D eigenvalue weighted by Crippen LogP contribution is 2.35. The fraction of sp³-hybridized carbons (Fsp3) is 0.333. The normalized spacial score (nSPS) is 26.4. The van der Waals surface area contributed by atoms with Gasteiger partial charge in [-0.25, -0.2) is 0 Å². The van der Waals surface area contributed by atoms with Gasteiger partial charge >= 0.3 is 0 Å². The minimum absolute atomic E-state index is 0.412. The molecule has 1 aliphatic rings. The highest BCUT2D eigenvalue weighted by Gasteiger charge is 2.34. The topological polar surface area (TPSA) is 26.0 Å². The van der Waals surface area contributed by atoms with E-state index in [0.29, 0.717) is 12.0 Å². The van der Waals surface area contributed by atoms with E-state index < -0.39 is 0 Å². The van der Waals surface area contributed by atoms with Crippen LogP contribution in [0.1, 0.15) is 18.9 Å². The lowest BCUT2D eigenvalue weighted by molar-refractivity contribution is 0.924. The van der Waals surface area contributed by atoms with Gasteiger partial charge in [0.15, 0.2) is 0 Å². The van der Waals surface area contributed by atoms with Crippen molar-refractivity contribution in [3.8, 4) is 0 Å². The number of hydrogen-bond acceptors (Lipinski definition) is 1. The minimum Gasteiger partial charge on any atom is -0.327 e. The summed E-state index contributed by atoms with van der Waals surface area (Å²) in [4.78, 5) is 0. The van der Waals surface area contributed by atoms with Gasteiger partial charge in [0.1, 0.15) is 0 Å². The minimum atomic E-state index is 0.412. The summed E-state index contributed by atoms with van der Waals surface area (Å²) in [7, 11) is 0. The summed E-state index contributed by atoms with van der Waals surface area (Å²) in [5.41, 5.74) is 8.50. The zero-order chi connectivity index (χ0) is 10.1. The van der Waals surface area contributed by atoms with Crippen molar-refractivity contribution in [2.75, 3.05) is 0 Å². The summed E-state index contributed by atoms with van der Waals surface area (Å²) in [6.07, 6.45) is 3.40. The van der Waals surface area contributed by atoms with Crippen LogP contribution in [0.2, 0.25) is 0 Å². The first-order chi connectivity index (χ1) is 6.66. The van der Waals surface area contributed by atoms with Crippen molar-refractivity contribution in [3.63, 3.8) is 0 Å². The fourth-order valence-electron chi connectivity index (χ4n) is 1.67. The molecule has 1 nitrogen and oxygen atoms in total. The van der Waals surface area contributed by atoms with Gasteiger partial charge in [0.05, 0.1) is 0 Å². The van der Waals surface area contributed by atoms with Crippen LogP contribution in [-0.4, -0.2) is 6.04 Å². The van der Waals surface area contributed by atoms with E-state index in [0.717, 1.165) is 6.42 Å². The zero-order valence-corrected chi connectivity index (χ0v) is 10.4. The maximum atomic E-state index is 5.80. The molecule has 2 N–H and O–H groups in total. The Balaban J connectivity index is 2.12. The molecule has 2 heteroatoms. The Morgan fingerprint density at radius 3 is 2.50 bits per heavy atom. The molecule has 14 heavy (non-hydrogen) atoms. The van der Waals surface area contributed by atoms with E-state index in [2.05, 4.69) is 59.9 Å². The van der Waals surface area contributed by atoms with Crippen molar-refractivity contribution in [2.24, 2.45) is 11.7 Å². The summed E-state index contributed by atoms with van der Waals surface area (Å²) >= 11 is 2.32. The number of halogens is 1. The Kier molecular flexibility index (Phi) is 2.93. The molecule has 1 saturated carbocycles. The van der Waals surface area contributed by atoms with E-state index in [1.807, 2.05) is 0 Å². The van der Waals surface area contributed by atoms with Crippen LogP contribution in [0.3, 0.4) is 0 Å². The van der Waals surface area contributed by atoms with Crippen LogP contribution in [0.4, 0.5) is 0 Å². The lowest BCUT2D eigenvalue weighted by Crippen LogP contribution is -2.02. The second kappa shape index (κ2) is 4.03. The summed E-state index contributed by atoms with van der Waals surface area (Å²) in [6.45, 7) is 2.18. The van der Waals surface area contributed by atoms with Crippen LogP contribution in [0, 0.1) is 9.49 Å². The Bertz CT molecular complexity index is 353. The summed E-state index contributed by atoms with van der Waals surface area (Å²) < 4.78 is 1.28. The van der Waals surface area contributed by atoms with Gasteiger partial charge < -0.3 is 5.73 Å². The van der Waals surface area contributed by atoms with Crippen molar-refractivity contribution in [3.05, 3.63) is 39.0 Å². The number of benzene rings is 1. The molecule has 0 aliphatic heterocycles. The quantitative estimate of drug-likeness (QED) is 0.835. The lowest BCUT2D eigenvalue weighted by Gasteiger charge is -1.99. The molecule has 0 aromatic heterocycles. The standard InChI is InChI=1S/C12H14IN/c1-8(11-7-12(11)14)6-9-2-4-10(13)5-3-9/h2-6,11-12H,7,14H2,1H3/t11-,12+/m0/s1. The van der Waals surface area contributed by atoms with E-state index in [1.54, 1.807) is 0 Å². The van der Waals surface area contributed by atoms with Gasteiger partial charge in [-0.1, -0.05) is 23.8 Å². The molecule has 0 bridgehead atoms. The van der Waals surface area contributed by atoms with Gasteiger partial charge in [-0.3, -0.25) is 0 Å². The maximum absolute atomic E-state index is 5.80. The molecule has 2 atom stereocenters. The predicted molar refractivity (Wildman–Crippen MR) is 68.9 cm³/mol. The van der Waals surface area contributed by atoms with Gasteiger partial charge in [-0.15, -0.1) is 0 Å². The van der Waals surface area contributed by atoms with Crippen molar-refractivity contribution in [1.82, 2.24) is 0 Å². The molecule has 0 spiro atoms. The zero-order valence-electron chi connectivity index (χ0n) is 8.20. The average Bonchev–Trinajstić information content (AvgIpc) is 2.87. The number of nitrogens with two attached hydrogens (primary N) is 1. The first-order valence-electron chi connectivity index (χ1n) is 4.86. The molecule has 1 aromatic carbocycles.